The van der Waals surface area contributed by atoms with Crippen LogP contribution in [0.2, 0.25) is 0 Å². The zero-order valence-electron chi connectivity index (χ0n) is 13.1. The minimum atomic E-state index is -0.240. The highest BCUT2D eigenvalue weighted by molar-refractivity contribution is 14.1. The number of nitrogens with zero attached hydrogens (tertiary/aromatic N) is 1. The van der Waals surface area contributed by atoms with E-state index in [1.54, 1.807) is 0 Å². The lowest BCUT2D eigenvalue weighted by molar-refractivity contribution is -0.152. The van der Waals surface area contributed by atoms with Crippen LogP contribution in [0.15, 0.2) is 34.4 Å². The van der Waals surface area contributed by atoms with Crippen LogP contribution in [0.1, 0.15) is 30.7 Å². The van der Waals surface area contributed by atoms with E-state index >= 15 is 0 Å². The lowest BCUT2D eigenvalue weighted by atomic mass is 9.76. The molecule has 0 N–H and O–H groups in total. The highest BCUT2D eigenvalue weighted by atomic mass is 127. The lowest BCUT2D eigenvalue weighted by Gasteiger charge is -2.41. The molecule has 1 aromatic carbocycles. The predicted molar refractivity (Wildman–Crippen MR) is 95.9 cm³/mol. The summed E-state index contributed by atoms with van der Waals surface area (Å²) in [6, 6.07) is 7.33. The molecule has 2 saturated heterocycles. The van der Waals surface area contributed by atoms with Crippen molar-refractivity contribution >= 4 is 28.6 Å². The van der Waals surface area contributed by atoms with Crippen molar-refractivity contribution in [2.75, 3.05) is 13.7 Å². The zero-order valence-corrected chi connectivity index (χ0v) is 15.3. The monoisotopic (exact) mass is 429 g/mol. The maximum Gasteiger partial charge on any atom is 0.311 e. The predicted octanol–water partition coefficient (Wildman–Crippen LogP) is 3.88. The first kappa shape index (κ1) is 16.9. The molecule has 0 amide bonds. The minimum absolute atomic E-state index is 0.111. The molecule has 3 rings (SSSR count). The van der Waals surface area contributed by atoms with Gasteiger partial charge in [0.05, 0.1) is 5.92 Å². The number of piperidine rings is 1. The van der Waals surface area contributed by atoms with Crippen molar-refractivity contribution in [3.05, 3.63) is 45.8 Å². The molecule has 2 aliphatic heterocycles. The second-order valence-corrected chi connectivity index (χ2v) is 7.09. The smallest absolute Gasteiger partial charge is 0.311 e. The van der Waals surface area contributed by atoms with Crippen LogP contribution in [0.3, 0.4) is 0 Å². The molecular formula is C18H21FINO2. The molecule has 0 aromatic heterocycles. The van der Waals surface area contributed by atoms with Gasteiger partial charge in [-0.3, -0.25) is 9.69 Å². The summed E-state index contributed by atoms with van der Waals surface area (Å²) in [6.07, 6.45) is 4.91. The number of esters is 1. The maximum absolute atomic E-state index is 13.2. The van der Waals surface area contributed by atoms with Gasteiger partial charge in [-0.15, -0.1) is 0 Å². The molecule has 5 heteroatoms. The topological polar surface area (TPSA) is 29.5 Å². The fourth-order valence-electron chi connectivity index (χ4n) is 4.10. The first-order valence-electron chi connectivity index (χ1n) is 8.01. The van der Waals surface area contributed by atoms with Crippen LogP contribution in [0.4, 0.5) is 4.39 Å². The largest absolute Gasteiger partial charge is 0.461 e. The summed E-state index contributed by atoms with van der Waals surface area (Å²) in [4.78, 5) is 15.0. The SMILES string of the molecule is CN1[C@H]2CC[C@@H]1[C@@H](C(=O)OC/C=C\I)[C@@H](c1ccc(F)cc1)C2. The summed E-state index contributed by atoms with van der Waals surface area (Å²) in [5.74, 6) is -0.436. The second-order valence-electron chi connectivity index (χ2n) is 6.38. The van der Waals surface area contributed by atoms with E-state index < -0.39 is 0 Å². The second kappa shape index (κ2) is 7.30. The molecule has 0 saturated carbocycles. The van der Waals surface area contributed by atoms with E-state index in [-0.39, 0.29) is 29.7 Å². The van der Waals surface area contributed by atoms with Gasteiger partial charge in [0.25, 0.3) is 0 Å². The van der Waals surface area contributed by atoms with E-state index in [2.05, 4.69) is 34.5 Å². The summed E-state index contributed by atoms with van der Waals surface area (Å²) in [5, 5.41) is 0. The molecule has 0 spiro atoms. The molecule has 2 heterocycles. The van der Waals surface area contributed by atoms with Gasteiger partial charge in [0.2, 0.25) is 0 Å². The quantitative estimate of drug-likeness (QED) is 0.538. The molecule has 2 bridgehead atoms. The van der Waals surface area contributed by atoms with E-state index in [0.29, 0.717) is 12.6 Å². The number of hydrogen-bond donors (Lipinski definition) is 0. The molecule has 0 aliphatic carbocycles. The molecule has 2 fully saturated rings. The van der Waals surface area contributed by atoms with Gasteiger partial charge in [-0.1, -0.05) is 34.7 Å². The van der Waals surface area contributed by atoms with Gasteiger partial charge in [0.1, 0.15) is 12.4 Å². The standard InChI is InChI=1S/C18H21FINO2/c1-21-14-7-8-16(21)17(18(22)23-10-2-9-20)15(11-14)12-3-5-13(19)6-4-12/h2-6,9,14-17H,7-8,10-11H2,1H3/b9-2-/t14-,15+,16+,17-/m0/s1. The molecule has 0 radical (unpaired) electrons. The molecule has 1 aromatic rings. The van der Waals surface area contributed by atoms with Crippen LogP contribution >= 0.6 is 22.6 Å². The number of carbonyl (C=O) groups is 1. The van der Waals surface area contributed by atoms with Crippen molar-refractivity contribution < 1.29 is 13.9 Å². The van der Waals surface area contributed by atoms with Crippen LogP contribution in [0.5, 0.6) is 0 Å². The van der Waals surface area contributed by atoms with Crippen molar-refractivity contribution in [2.24, 2.45) is 5.92 Å². The normalized spacial score (nSPS) is 30.7. The van der Waals surface area contributed by atoms with E-state index in [9.17, 15) is 9.18 Å². The summed E-state index contributed by atoms with van der Waals surface area (Å²) >= 11 is 2.11. The van der Waals surface area contributed by atoms with Crippen LogP contribution < -0.4 is 0 Å². The number of ether oxygens (including phenoxy) is 1. The number of hydrogen-bond acceptors (Lipinski definition) is 3. The molecule has 3 nitrogen and oxygen atoms in total. The molecule has 23 heavy (non-hydrogen) atoms. The van der Waals surface area contributed by atoms with Gasteiger partial charge >= 0.3 is 5.97 Å². The Bertz CT molecular complexity index is 589. The van der Waals surface area contributed by atoms with Gasteiger partial charge in [-0.25, -0.2) is 4.39 Å². The summed E-state index contributed by atoms with van der Waals surface area (Å²) in [5.41, 5.74) is 1.04. The van der Waals surface area contributed by atoms with Crippen LogP contribution in [-0.2, 0) is 9.53 Å². The molecule has 0 unspecified atom stereocenters. The molecule has 2 aliphatic rings. The Kier molecular flexibility index (Phi) is 5.36. The van der Waals surface area contributed by atoms with Crippen molar-refractivity contribution in [1.29, 1.82) is 0 Å². The Morgan fingerprint density at radius 3 is 2.83 bits per heavy atom. The number of carbonyl (C=O) groups excluding carboxylic acids is 1. The van der Waals surface area contributed by atoms with Crippen molar-refractivity contribution in [3.8, 4) is 0 Å². The van der Waals surface area contributed by atoms with E-state index in [1.165, 1.54) is 12.1 Å². The third-order valence-electron chi connectivity index (χ3n) is 5.25. The lowest BCUT2D eigenvalue weighted by Crippen LogP contribution is -2.49. The van der Waals surface area contributed by atoms with Crippen LogP contribution in [0, 0.1) is 11.7 Å². The van der Waals surface area contributed by atoms with Gasteiger partial charge in [0, 0.05) is 18.0 Å². The number of fused-ring (bicyclic) bond motifs is 2. The fraction of sp³-hybridized carbons (Fsp3) is 0.500. The van der Waals surface area contributed by atoms with Crippen molar-refractivity contribution in [1.82, 2.24) is 4.90 Å². The molecular weight excluding hydrogens is 408 g/mol. The van der Waals surface area contributed by atoms with E-state index in [0.717, 1.165) is 24.8 Å². The first-order valence-corrected chi connectivity index (χ1v) is 9.25. The van der Waals surface area contributed by atoms with Crippen molar-refractivity contribution in [3.63, 3.8) is 0 Å². The summed E-state index contributed by atoms with van der Waals surface area (Å²) in [6.45, 7) is 0.314. The van der Waals surface area contributed by atoms with E-state index in [1.807, 2.05) is 22.3 Å². The number of benzene rings is 1. The Hall–Kier alpha value is -0.950. The third kappa shape index (κ3) is 3.45. The average molecular weight is 429 g/mol. The Labute approximate surface area is 150 Å². The number of rotatable bonds is 4. The third-order valence-corrected chi connectivity index (χ3v) is 5.76. The van der Waals surface area contributed by atoms with Crippen LogP contribution in [-0.4, -0.2) is 36.6 Å². The maximum atomic E-state index is 13.2. The van der Waals surface area contributed by atoms with Gasteiger partial charge in [-0.05, 0) is 54.2 Å². The number of halogens is 2. The summed E-state index contributed by atoms with van der Waals surface area (Å²) in [7, 11) is 2.11. The minimum Gasteiger partial charge on any atom is -0.461 e. The zero-order chi connectivity index (χ0) is 16.4. The molecule has 4 atom stereocenters. The Morgan fingerprint density at radius 2 is 2.13 bits per heavy atom. The summed E-state index contributed by atoms with van der Waals surface area (Å²) < 4.78 is 20.5. The van der Waals surface area contributed by atoms with Crippen LogP contribution in [0.25, 0.3) is 0 Å². The van der Waals surface area contributed by atoms with Gasteiger partial charge in [-0.2, -0.15) is 0 Å². The van der Waals surface area contributed by atoms with Gasteiger partial charge < -0.3 is 4.74 Å². The van der Waals surface area contributed by atoms with Gasteiger partial charge in [0.15, 0.2) is 0 Å². The van der Waals surface area contributed by atoms with E-state index in [4.69, 9.17) is 4.74 Å². The Balaban J connectivity index is 1.86. The highest BCUT2D eigenvalue weighted by Crippen LogP contribution is 2.46. The fourth-order valence-corrected chi connectivity index (χ4v) is 4.31. The Morgan fingerprint density at radius 1 is 1.39 bits per heavy atom. The highest BCUT2D eigenvalue weighted by Gasteiger charge is 2.49. The molecule has 124 valence electrons. The average Bonchev–Trinajstić information content (AvgIpc) is 2.78. The van der Waals surface area contributed by atoms with Crippen molar-refractivity contribution in [2.45, 2.75) is 37.3 Å². The first-order chi connectivity index (χ1) is 11.1.